The smallest absolute Gasteiger partial charge is 0.245 e. The Bertz CT molecular complexity index is 1570. The Morgan fingerprint density at radius 1 is 1.10 bits per heavy atom. The van der Waals surface area contributed by atoms with Gasteiger partial charge in [-0.05, 0) is 42.8 Å². The third kappa shape index (κ3) is 7.45. The van der Waals surface area contributed by atoms with Gasteiger partial charge in [0.2, 0.25) is 11.9 Å². The van der Waals surface area contributed by atoms with Gasteiger partial charge in [0, 0.05) is 30.8 Å². The fourth-order valence-electron chi connectivity index (χ4n) is 3.65. The average molecular weight is 605 g/mol. The second kappa shape index (κ2) is 13.7. The molecule has 4 aromatic rings. The number of aromatic nitrogens is 3. The fraction of sp³-hybridized carbons (Fsp3) is 0.259. The summed E-state index contributed by atoms with van der Waals surface area (Å²) in [5, 5.41) is 15.1. The highest BCUT2D eigenvalue weighted by Crippen LogP contribution is 2.40. The second-order valence-corrected chi connectivity index (χ2v) is 11.3. The number of amides is 1. The average Bonchev–Trinajstić information content (AvgIpc) is 3.41. The van der Waals surface area contributed by atoms with Crippen LogP contribution >= 0.6 is 11.3 Å². The van der Waals surface area contributed by atoms with Crippen LogP contribution in [-0.2, 0) is 15.8 Å². The van der Waals surface area contributed by atoms with Crippen molar-refractivity contribution < 1.29 is 27.3 Å². The molecule has 9 nitrogen and oxygen atoms in total. The van der Waals surface area contributed by atoms with E-state index in [-0.39, 0.29) is 17.2 Å². The van der Waals surface area contributed by atoms with E-state index in [0.29, 0.717) is 41.7 Å². The molecule has 0 aliphatic heterocycles. The van der Waals surface area contributed by atoms with Gasteiger partial charge >= 0.3 is 0 Å². The number of carbonyl (C=O) groups is 1. The summed E-state index contributed by atoms with van der Waals surface area (Å²) >= 11 is 1.35. The third-order valence-corrected chi connectivity index (χ3v) is 8.17. The van der Waals surface area contributed by atoms with E-state index in [1.54, 1.807) is 18.3 Å². The SMILES string of the molecule is CC(C)c1nc(-c2cccc(NS(=O)c3cc(F)ccc3F)c2F)c(-c2ccnc(NCCCNC(=O)CO)n2)s1. The molecule has 14 heteroatoms. The van der Waals surface area contributed by atoms with Crippen molar-refractivity contribution in [3.63, 3.8) is 0 Å². The van der Waals surface area contributed by atoms with E-state index >= 15 is 4.39 Å². The molecule has 0 spiro atoms. The minimum atomic E-state index is -2.27. The Morgan fingerprint density at radius 3 is 2.66 bits per heavy atom. The maximum Gasteiger partial charge on any atom is 0.245 e. The van der Waals surface area contributed by atoms with E-state index in [9.17, 15) is 17.8 Å². The number of aliphatic hydroxyl groups is 1. The monoisotopic (exact) mass is 604 g/mol. The Morgan fingerprint density at radius 2 is 1.90 bits per heavy atom. The van der Waals surface area contributed by atoms with Gasteiger partial charge in [0.25, 0.3) is 0 Å². The number of rotatable bonds is 12. The summed E-state index contributed by atoms with van der Waals surface area (Å²) in [6, 6.07) is 8.64. The lowest BCUT2D eigenvalue weighted by molar-refractivity contribution is -0.123. The van der Waals surface area contributed by atoms with Crippen LogP contribution in [0.5, 0.6) is 0 Å². The lowest BCUT2D eigenvalue weighted by Crippen LogP contribution is -2.28. The first-order valence-electron chi connectivity index (χ1n) is 12.6. The molecule has 216 valence electrons. The molecule has 1 unspecified atom stereocenters. The summed E-state index contributed by atoms with van der Waals surface area (Å²) < 4.78 is 58.8. The summed E-state index contributed by atoms with van der Waals surface area (Å²) in [4.78, 5) is 24.8. The molecule has 0 aliphatic carbocycles. The highest BCUT2D eigenvalue weighted by molar-refractivity contribution is 7.86. The predicted molar refractivity (Wildman–Crippen MR) is 152 cm³/mol. The predicted octanol–water partition coefficient (Wildman–Crippen LogP) is 4.85. The molecule has 4 N–H and O–H groups in total. The molecule has 0 radical (unpaired) electrons. The molecule has 0 saturated carbocycles. The van der Waals surface area contributed by atoms with Gasteiger partial charge < -0.3 is 15.7 Å². The molecule has 41 heavy (non-hydrogen) atoms. The van der Waals surface area contributed by atoms with Crippen LogP contribution in [0.4, 0.5) is 24.8 Å². The first-order chi connectivity index (χ1) is 19.7. The van der Waals surface area contributed by atoms with Crippen LogP contribution in [0.1, 0.15) is 31.2 Å². The van der Waals surface area contributed by atoms with E-state index in [0.717, 1.165) is 23.2 Å². The number of hydrogen-bond acceptors (Lipinski definition) is 8. The van der Waals surface area contributed by atoms with E-state index in [4.69, 9.17) is 5.11 Å². The van der Waals surface area contributed by atoms with Gasteiger partial charge in [0.1, 0.15) is 18.2 Å². The van der Waals surface area contributed by atoms with Gasteiger partial charge in [0.05, 0.1) is 31.9 Å². The van der Waals surface area contributed by atoms with E-state index in [1.165, 1.54) is 23.5 Å². The first kappa shape index (κ1) is 30.1. The summed E-state index contributed by atoms with van der Waals surface area (Å²) in [6.07, 6.45) is 2.12. The van der Waals surface area contributed by atoms with Gasteiger partial charge in [-0.1, -0.05) is 19.9 Å². The normalized spacial score (nSPS) is 11.9. The van der Waals surface area contributed by atoms with Gasteiger partial charge in [-0.3, -0.25) is 9.52 Å². The van der Waals surface area contributed by atoms with Crippen LogP contribution in [0.25, 0.3) is 21.8 Å². The minimum absolute atomic E-state index is 0.0360. The van der Waals surface area contributed by atoms with Crippen LogP contribution in [-0.4, -0.2) is 49.9 Å². The van der Waals surface area contributed by atoms with Crippen molar-refractivity contribution in [1.29, 1.82) is 0 Å². The Hall–Kier alpha value is -3.88. The molecule has 0 aliphatic rings. The number of hydrogen-bond donors (Lipinski definition) is 4. The number of thiazole rings is 1. The third-order valence-electron chi connectivity index (χ3n) is 5.68. The number of anilines is 2. The van der Waals surface area contributed by atoms with Crippen LogP contribution in [0.3, 0.4) is 0 Å². The molecule has 2 aromatic carbocycles. The van der Waals surface area contributed by atoms with Crippen molar-refractivity contribution in [2.24, 2.45) is 0 Å². The van der Waals surface area contributed by atoms with Crippen molar-refractivity contribution in [1.82, 2.24) is 20.3 Å². The molecular weight excluding hydrogens is 577 g/mol. The molecule has 0 saturated heterocycles. The molecule has 2 heterocycles. The number of nitrogens with zero attached hydrogens (tertiary/aromatic N) is 3. The number of aliphatic hydroxyl groups excluding tert-OH is 1. The van der Waals surface area contributed by atoms with Crippen molar-refractivity contribution >= 4 is 39.9 Å². The summed E-state index contributed by atoms with van der Waals surface area (Å²) in [6.45, 7) is 4.16. The first-order valence-corrected chi connectivity index (χ1v) is 14.5. The minimum Gasteiger partial charge on any atom is -0.387 e. The summed E-state index contributed by atoms with van der Waals surface area (Å²) in [5.41, 5.74) is 0.753. The van der Waals surface area contributed by atoms with Gasteiger partial charge in [-0.15, -0.1) is 11.3 Å². The van der Waals surface area contributed by atoms with E-state index in [2.05, 4.69) is 30.3 Å². The Labute approximate surface area is 240 Å². The van der Waals surface area contributed by atoms with Gasteiger partial charge in [-0.2, -0.15) is 0 Å². The topological polar surface area (TPSA) is 129 Å². The Kier molecular flexibility index (Phi) is 10.0. The quantitative estimate of drug-likeness (QED) is 0.170. The number of halogens is 3. The van der Waals surface area contributed by atoms with E-state index < -0.39 is 45.8 Å². The maximum absolute atomic E-state index is 15.8. The van der Waals surface area contributed by atoms with Crippen molar-refractivity contribution in [2.45, 2.75) is 31.1 Å². The fourth-order valence-corrected chi connectivity index (χ4v) is 5.63. The highest BCUT2D eigenvalue weighted by Gasteiger charge is 2.23. The van der Waals surface area contributed by atoms with Crippen molar-refractivity contribution in [2.75, 3.05) is 29.7 Å². The molecule has 2 aromatic heterocycles. The van der Waals surface area contributed by atoms with E-state index in [1.807, 2.05) is 13.8 Å². The van der Waals surface area contributed by atoms with Crippen LogP contribution in [0.2, 0.25) is 0 Å². The van der Waals surface area contributed by atoms with Crippen LogP contribution < -0.4 is 15.4 Å². The van der Waals surface area contributed by atoms with Crippen LogP contribution in [0, 0.1) is 17.5 Å². The Balaban J connectivity index is 1.62. The number of benzene rings is 2. The molecular formula is C27H27F3N6O3S2. The molecule has 0 fully saturated rings. The molecule has 1 amide bonds. The van der Waals surface area contributed by atoms with Crippen LogP contribution in [0.15, 0.2) is 53.6 Å². The second-order valence-electron chi connectivity index (χ2n) is 9.05. The van der Waals surface area contributed by atoms with Gasteiger partial charge in [0.15, 0.2) is 16.8 Å². The molecule has 0 bridgehead atoms. The zero-order valence-corrected chi connectivity index (χ0v) is 23.7. The van der Waals surface area contributed by atoms with Crippen molar-refractivity contribution in [3.8, 4) is 21.8 Å². The standard InChI is InChI=1S/C27H27F3N6O3S2/c1-15(2)26-35-24(25(40-26)20-9-12-33-27(34-20)32-11-4-10-31-22(38)14-37)17-5-3-6-19(23(17)30)36-41(39)21-13-16(28)7-8-18(21)29/h3,5-9,12-13,15,36-37H,4,10-11,14H2,1-2H3,(H,31,38)(H,32,33,34). The molecule has 4 rings (SSSR count). The highest BCUT2D eigenvalue weighted by atomic mass is 32.2. The number of nitrogens with one attached hydrogen (secondary N) is 3. The lowest BCUT2D eigenvalue weighted by Gasteiger charge is -2.11. The largest absolute Gasteiger partial charge is 0.387 e. The maximum atomic E-state index is 15.8. The van der Waals surface area contributed by atoms with Crippen molar-refractivity contribution in [3.05, 3.63) is 71.1 Å². The zero-order valence-electron chi connectivity index (χ0n) is 22.1. The lowest BCUT2D eigenvalue weighted by atomic mass is 10.1. The molecule has 1 atom stereocenters. The van der Waals surface area contributed by atoms with Gasteiger partial charge in [-0.25, -0.2) is 32.3 Å². The zero-order chi connectivity index (χ0) is 29.5. The summed E-state index contributed by atoms with van der Waals surface area (Å²) in [7, 11) is -2.27. The number of carbonyl (C=O) groups excluding carboxylic acids is 1. The summed E-state index contributed by atoms with van der Waals surface area (Å²) in [5.74, 6) is -2.53.